The lowest BCUT2D eigenvalue weighted by Gasteiger charge is -2.28. The third kappa shape index (κ3) is 4.08. The summed E-state index contributed by atoms with van der Waals surface area (Å²) in [6.07, 6.45) is 0.879. The van der Waals surface area contributed by atoms with E-state index >= 15 is 0 Å². The zero-order valence-corrected chi connectivity index (χ0v) is 14.7. The summed E-state index contributed by atoms with van der Waals surface area (Å²) in [5, 5.41) is 2.66. The molecule has 1 heterocycles. The van der Waals surface area contributed by atoms with Gasteiger partial charge in [-0.2, -0.15) is 8.78 Å². The van der Waals surface area contributed by atoms with E-state index in [1.165, 1.54) is 23.3 Å². The number of halogens is 2. The van der Waals surface area contributed by atoms with Gasteiger partial charge in [-0.1, -0.05) is 24.3 Å². The fraction of sp³-hybridized carbons (Fsp3) is 0.278. The minimum absolute atomic E-state index is 0.200. The van der Waals surface area contributed by atoms with E-state index in [-0.39, 0.29) is 12.5 Å². The largest absolute Gasteiger partial charge is 0.341 e. The average molecular weight is 380 g/mol. The molecule has 2 aromatic carbocycles. The van der Waals surface area contributed by atoms with Crippen molar-refractivity contribution in [3.05, 3.63) is 59.7 Å². The van der Waals surface area contributed by atoms with Crippen molar-refractivity contribution in [2.75, 3.05) is 18.4 Å². The Balaban J connectivity index is 1.59. The van der Waals surface area contributed by atoms with E-state index in [4.69, 9.17) is 0 Å². The van der Waals surface area contributed by atoms with Crippen molar-refractivity contribution >= 4 is 21.4 Å². The van der Waals surface area contributed by atoms with Crippen molar-refractivity contribution in [1.82, 2.24) is 4.90 Å². The molecule has 1 aliphatic rings. The standard InChI is InChI=1S/C18H18F2N2O3S/c19-18(20)26(24,25)16-7-5-15(6-8-16)21-17(23)12-22-10-9-13-3-1-2-4-14(13)11-22/h1-8,18H,9-12H2,(H,21,23). The van der Waals surface area contributed by atoms with E-state index in [0.29, 0.717) is 12.2 Å². The van der Waals surface area contributed by atoms with Crippen LogP contribution in [0.5, 0.6) is 0 Å². The predicted octanol–water partition coefficient (Wildman–Crippen LogP) is 2.68. The minimum Gasteiger partial charge on any atom is -0.325 e. The molecule has 0 aliphatic carbocycles. The van der Waals surface area contributed by atoms with Crippen LogP contribution in [0.15, 0.2) is 53.4 Å². The van der Waals surface area contributed by atoms with Gasteiger partial charge in [0.2, 0.25) is 15.7 Å². The molecule has 0 radical (unpaired) electrons. The minimum atomic E-state index is -4.63. The zero-order valence-electron chi connectivity index (χ0n) is 13.9. The number of fused-ring (bicyclic) bond motifs is 1. The van der Waals surface area contributed by atoms with Gasteiger partial charge >= 0.3 is 5.76 Å². The molecule has 0 saturated carbocycles. The Morgan fingerprint density at radius 1 is 1.08 bits per heavy atom. The zero-order chi connectivity index (χ0) is 18.7. The number of nitrogens with zero attached hydrogens (tertiary/aromatic N) is 1. The summed E-state index contributed by atoms with van der Waals surface area (Å²) in [4.78, 5) is 13.7. The number of carbonyl (C=O) groups excluding carboxylic acids is 1. The second-order valence-corrected chi connectivity index (χ2v) is 8.03. The molecule has 0 aromatic heterocycles. The van der Waals surface area contributed by atoms with Crippen LogP contribution >= 0.6 is 0 Å². The van der Waals surface area contributed by atoms with Gasteiger partial charge in [0.15, 0.2) is 0 Å². The molecular formula is C18H18F2N2O3S. The predicted molar refractivity (Wildman–Crippen MR) is 93.7 cm³/mol. The van der Waals surface area contributed by atoms with Gasteiger partial charge in [0.1, 0.15) is 0 Å². The van der Waals surface area contributed by atoms with E-state index in [9.17, 15) is 22.0 Å². The van der Waals surface area contributed by atoms with Crippen LogP contribution in [0.25, 0.3) is 0 Å². The molecule has 138 valence electrons. The number of benzene rings is 2. The number of alkyl halides is 2. The molecule has 8 heteroatoms. The van der Waals surface area contributed by atoms with Crippen LogP contribution in [0.4, 0.5) is 14.5 Å². The molecule has 3 rings (SSSR count). The normalized spacial score (nSPS) is 14.9. The number of hydrogen-bond acceptors (Lipinski definition) is 4. The number of hydrogen-bond donors (Lipinski definition) is 1. The number of anilines is 1. The van der Waals surface area contributed by atoms with Crippen molar-refractivity contribution in [2.45, 2.75) is 23.6 Å². The highest BCUT2D eigenvalue weighted by Crippen LogP contribution is 2.21. The van der Waals surface area contributed by atoms with Crippen molar-refractivity contribution in [2.24, 2.45) is 0 Å². The second-order valence-electron chi connectivity index (χ2n) is 6.11. The average Bonchev–Trinajstić information content (AvgIpc) is 2.62. The number of rotatable bonds is 5. The van der Waals surface area contributed by atoms with Gasteiger partial charge < -0.3 is 5.32 Å². The summed E-state index contributed by atoms with van der Waals surface area (Å²) in [7, 11) is -4.63. The third-order valence-corrected chi connectivity index (χ3v) is 5.68. The molecule has 1 N–H and O–H groups in total. The Bertz CT molecular complexity index is 899. The van der Waals surface area contributed by atoms with Crippen LogP contribution in [0, 0.1) is 0 Å². The molecule has 0 fully saturated rings. The van der Waals surface area contributed by atoms with Crippen molar-refractivity contribution < 1.29 is 22.0 Å². The van der Waals surface area contributed by atoms with Gasteiger partial charge in [-0.3, -0.25) is 9.69 Å². The van der Waals surface area contributed by atoms with Crippen molar-refractivity contribution in [3.63, 3.8) is 0 Å². The van der Waals surface area contributed by atoms with Crippen molar-refractivity contribution in [3.8, 4) is 0 Å². The summed E-state index contributed by atoms with van der Waals surface area (Å²) >= 11 is 0. The quantitative estimate of drug-likeness (QED) is 0.866. The fourth-order valence-electron chi connectivity index (χ4n) is 2.92. The molecule has 1 aliphatic heterocycles. The Labute approximate surface area is 150 Å². The smallest absolute Gasteiger partial charge is 0.325 e. The van der Waals surface area contributed by atoms with Crippen LogP contribution in [-0.2, 0) is 27.6 Å². The van der Waals surface area contributed by atoms with E-state index in [1.54, 1.807) is 0 Å². The van der Waals surface area contributed by atoms with E-state index in [0.717, 1.165) is 25.1 Å². The summed E-state index contributed by atoms with van der Waals surface area (Å²) in [6.45, 7) is 1.66. The fourth-order valence-corrected chi connectivity index (χ4v) is 3.64. The maximum Gasteiger partial charge on any atom is 0.341 e. The molecule has 26 heavy (non-hydrogen) atoms. The van der Waals surface area contributed by atoms with Crippen LogP contribution in [0.1, 0.15) is 11.1 Å². The van der Waals surface area contributed by atoms with Gasteiger partial charge in [0, 0.05) is 18.8 Å². The Kier molecular flexibility index (Phi) is 5.33. The molecule has 0 saturated heterocycles. The van der Waals surface area contributed by atoms with Gasteiger partial charge in [0.05, 0.1) is 11.4 Å². The lowest BCUT2D eigenvalue weighted by molar-refractivity contribution is -0.117. The summed E-state index contributed by atoms with van der Waals surface area (Å²) in [6, 6.07) is 12.8. The Hall–Kier alpha value is -2.32. The maximum atomic E-state index is 12.5. The first-order valence-electron chi connectivity index (χ1n) is 8.07. The lowest BCUT2D eigenvalue weighted by Crippen LogP contribution is -2.37. The highest BCUT2D eigenvalue weighted by molar-refractivity contribution is 7.91. The Morgan fingerprint density at radius 3 is 2.38 bits per heavy atom. The highest BCUT2D eigenvalue weighted by atomic mass is 32.2. The lowest BCUT2D eigenvalue weighted by atomic mass is 10.00. The Morgan fingerprint density at radius 2 is 1.73 bits per heavy atom. The molecule has 5 nitrogen and oxygen atoms in total. The summed E-state index contributed by atoms with van der Waals surface area (Å²) in [5.41, 5.74) is 2.86. The monoisotopic (exact) mass is 380 g/mol. The molecule has 0 unspecified atom stereocenters. The van der Waals surface area contributed by atoms with Gasteiger partial charge in [0.25, 0.3) is 0 Å². The highest BCUT2D eigenvalue weighted by Gasteiger charge is 2.26. The van der Waals surface area contributed by atoms with E-state index in [2.05, 4.69) is 11.4 Å². The number of amides is 1. The van der Waals surface area contributed by atoms with Crippen LogP contribution in [0.2, 0.25) is 0 Å². The number of carbonyl (C=O) groups is 1. The molecule has 0 atom stereocenters. The first kappa shape index (κ1) is 18.5. The molecule has 2 aromatic rings. The van der Waals surface area contributed by atoms with Gasteiger partial charge in [-0.25, -0.2) is 8.42 Å². The van der Waals surface area contributed by atoms with Crippen molar-refractivity contribution in [1.29, 1.82) is 0 Å². The van der Waals surface area contributed by atoms with Gasteiger partial charge in [-0.15, -0.1) is 0 Å². The summed E-state index contributed by atoms with van der Waals surface area (Å²) in [5.74, 6) is -3.71. The van der Waals surface area contributed by atoms with Crippen LogP contribution in [-0.4, -0.2) is 38.1 Å². The third-order valence-electron chi connectivity index (χ3n) is 4.28. The maximum absolute atomic E-state index is 12.5. The van der Waals surface area contributed by atoms with Gasteiger partial charge in [-0.05, 0) is 41.8 Å². The molecule has 0 bridgehead atoms. The topological polar surface area (TPSA) is 66.5 Å². The SMILES string of the molecule is O=C(CN1CCc2ccccc2C1)Nc1ccc(S(=O)(=O)C(F)F)cc1. The summed E-state index contributed by atoms with van der Waals surface area (Å²) < 4.78 is 47.8. The van der Waals surface area contributed by atoms with E-state index < -0.39 is 20.5 Å². The van der Waals surface area contributed by atoms with Crippen LogP contribution in [0.3, 0.4) is 0 Å². The first-order valence-corrected chi connectivity index (χ1v) is 9.62. The molecular weight excluding hydrogens is 362 g/mol. The molecule has 0 spiro atoms. The van der Waals surface area contributed by atoms with E-state index in [1.807, 2.05) is 23.1 Å². The first-order chi connectivity index (χ1) is 12.4. The second kappa shape index (κ2) is 7.51. The molecule has 1 amide bonds. The number of sulfone groups is 1. The number of nitrogens with one attached hydrogen (secondary N) is 1. The van der Waals surface area contributed by atoms with Crippen LogP contribution < -0.4 is 5.32 Å².